The standard InChI is InChI=1S/C14H16O3/c1-14(12(15)4-3-5-13(14)16)10-6-8-11(17-2)9-7-10/h6-9H,3-5H2,1-2H3. The van der Waals surface area contributed by atoms with Crippen LogP contribution in [0.1, 0.15) is 31.7 Å². The molecule has 0 unspecified atom stereocenters. The Morgan fingerprint density at radius 2 is 1.59 bits per heavy atom. The number of hydrogen-bond acceptors (Lipinski definition) is 3. The maximum atomic E-state index is 12.0. The summed E-state index contributed by atoms with van der Waals surface area (Å²) in [5, 5.41) is 0. The van der Waals surface area contributed by atoms with Crippen LogP contribution in [0, 0.1) is 0 Å². The normalized spacial score (nSPS) is 19.2. The van der Waals surface area contributed by atoms with E-state index in [-0.39, 0.29) is 11.6 Å². The molecular formula is C14H16O3. The van der Waals surface area contributed by atoms with Crippen molar-refractivity contribution < 1.29 is 14.3 Å². The molecule has 3 nitrogen and oxygen atoms in total. The number of ether oxygens (including phenoxy) is 1. The molecule has 1 aliphatic carbocycles. The topological polar surface area (TPSA) is 43.4 Å². The van der Waals surface area contributed by atoms with E-state index in [2.05, 4.69) is 0 Å². The summed E-state index contributed by atoms with van der Waals surface area (Å²) in [6.45, 7) is 1.73. The second-order valence-electron chi connectivity index (χ2n) is 4.55. The zero-order valence-electron chi connectivity index (χ0n) is 10.2. The Morgan fingerprint density at radius 1 is 1.06 bits per heavy atom. The van der Waals surface area contributed by atoms with E-state index in [4.69, 9.17) is 4.74 Å². The molecular weight excluding hydrogens is 216 g/mol. The van der Waals surface area contributed by atoms with Gasteiger partial charge in [-0.05, 0) is 31.0 Å². The number of benzene rings is 1. The molecule has 3 heteroatoms. The highest BCUT2D eigenvalue weighted by Crippen LogP contribution is 2.34. The Labute approximate surface area is 101 Å². The summed E-state index contributed by atoms with van der Waals surface area (Å²) in [5.41, 5.74) is -0.183. The van der Waals surface area contributed by atoms with Crippen LogP contribution in [0.2, 0.25) is 0 Å². The van der Waals surface area contributed by atoms with Gasteiger partial charge < -0.3 is 4.74 Å². The van der Waals surface area contributed by atoms with E-state index in [0.29, 0.717) is 19.3 Å². The maximum absolute atomic E-state index is 12.0. The lowest BCUT2D eigenvalue weighted by Gasteiger charge is -2.30. The summed E-state index contributed by atoms with van der Waals surface area (Å²) in [4.78, 5) is 24.1. The highest BCUT2D eigenvalue weighted by molar-refractivity contribution is 6.13. The predicted octanol–water partition coefficient (Wildman–Crippen LogP) is 2.28. The summed E-state index contributed by atoms with van der Waals surface area (Å²) in [5.74, 6) is 0.783. The minimum Gasteiger partial charge on any atom is -0.497 e. The Kier molecular flexibility index (Phi) is 3.01. The Morgan fingerprint density at radius 3 is 2.06 bits per heavy atom. The first-order valence-corrected chi connectivity index (χ1v) is 5.80. The highest BCUT2D eigenvalue weighted by Gasteiger charge is 2.43. The Bertz CT molecular complexity index is 429. The lowest BCUT2D eigenvalue weighted by atomic mass is 9.69. The van der Waals surface area contributed by atoms with Gasteiger partial charge >= 0.3 is 0 Å². The van der Waals surface area contributed by atoms with Crippen molar-refractivity contribution in [2.75, 3.05) is 7.11 Å². The zero-order valence-corrected chi connectivity index (χ0v) is 10.2. The molecule has 0 saturated heterocycles. The van der Waals surface area contributed by atoms with Crippen LogP contribution >= 0.6 is 0 Å². The van der Waals surface area contributed by atoms with E-state index < -0.39 is 5.41 Å². The molecule has 0 spiro atoms. The second kappa shape index (κ2) is 4.32. The first-order chi connectivity index (χ1) is 8.09. The van der Waals surface area contributed by atoms with E-state index in [9.17, 15) is 9.59 Å². The minimum atomic E-state index is -0.954. The highest BCUT2D eigenvalue weighted by atomic mass is 16.5. The fourth-order valence-electron chi connectivity index (χ4n) is 2.31. The van der Waals surface area contributed by atoms with Crippen LogP contribution in [0.4, 0.5) is 0 Å². The SMILES string of the molecule is COc1ccc(C2(C)C(=O)CCCC2=O)cc1. The van der Waals surface area contributed by atoms with Gasteiger partial charge in [0.1, 0.15) is 11.2 Å². The van der Waals surface area contributed by atoms with Crippen LogP contribution in [-0.2, 0) is 15.0 Å². The maximum Gasteiger partial charge on any atom is 0.150 e. The first-order valence-electron chi connectivity index (χ1n) is 5.80. The van der Waals surface area contributed by atoms with Crippen molar-refractivity contribution in [3.8, 4) is 5.75 Å². The van der Waals surface area contributed by atoms with Crippen molar-refractivity contribution in [1.29, 1.82) is 0 Å². The number of rotatable bonds is 2. The van der Waals surface area contributed by atoms with Gasteiger partial charge in [-0.25, -0.2) is 0 Å². The van der Waals surface area contributed by atoms with E-state index >= 15 is 0 Å². The van der Waals surface area contributed by atoms with Gasteiger partial charge in [0.15, 0.2) is 11.6 Å². The van der Waals surface area contributed by atoms with Crippen molar-refractivity contribution in [1.82, 2.24) is 0 Å². The fourth-order valence-corrected chi connectivity index (χ4v) is 2.31. The average molecular weight is 232 g/mol. The van der Waals surface area contributed by atoms with Gasteiger partial charge in [0.25, 0.3) is 0 Å². The predicted molar refractivity (Wildman–Crippen MR) is 64.2 cm³/mol. The molecule has 0 bridgehead atoms. The lowest BCUT2D eigenvalue weighted by molar-refractivity contribution is -0.137. The van der Waals surface area contributed by atoms with Crippen LogP contribution < -0.4 is 4.74 Å². The molecule has 90 valence electrons. The van der Waals surface area contributed by atoms with E-state index in [1.54, 1.807) is 38.3 Å². The Hall–Kier alpha value is -1.64. The lowest BCUT2D eigenvalue weighted by Crippen LogP contribution is -2.43. The van der Waals surface area contributed by atoms with Gasteiger partial charge in [-0.3, -0.25) is 9.59 Å². The van der Waals surface area contributed by atoms with Crippen LogP contribution in [-0.4, -0.2) is 18.7 Å². The monoisotopic (exact) mass is 232 g/mol. The second-order valence-corrected chi connectivity index (χ2v) is 4.55. The molecule has 1 aromatic carbocycles. The molecule has 1 fully saturated rings. The van der Waals surface area contributed by atoms with E-state index in [0.717, 1.165) is 11.3 Å². The van der Waals surface area contributed by atoms with Crippen molar-refractivity contribution in [2.24, 2.45) is 0 Å². The number of ketones is 2. The molecule has 1 saturated carbocycles. The zero-order chi connectivity index (χ0) is 12.5. The number of carbonyl (C=O) groups is 2. The molecule has 0 radical (unpaired) electrons. The van der Waals surface area contributed by atoms with Gasteiger partial charge in [-0.1, -0.05) is 12.1 Å². The molecule has 1 aromatic rings. The largest absolute Gasteiger partial charge is 0.497 e. The molecule has 0 N–H and O–H groups in total. The minimum absolute atomic E-state index is 0.0268. The number of Topliss-reactive ketones (excluding diaryl/α,β-unsaturated/α-hetero) is 2. The number of methoxy groups -OCH3 is 1. The summed E-state index contributed by atoms with van der Waals surface area (Å²) in [7, 11) is 1.59. The molecule has 0 heterocycles. The molecule has 1 aliphatic rings. The Balaban J connectivity index is 2.41. The third-order valence-corrected chi connectivity index (χ3v) is 3.59. The van der Waals surface area contributed by atoms with Gasteiger partial charge in [-0.2, -0.15) is 0 Å². The van der Waals surface area contributed by atoms with Crippen molar-refractivity contribution in [3.63, 3.8) is 0 Å². The summed E-state index contributed by atoms with van der Waals surface area (Å²) < 4.78 is 5.07. The fraction of sp³-hybridized carbons (Fsp3) is 0.429. The molecule has 0 aliphatic heterocycles. The summed E-state index contributed by atoms with van der Waals surface area (Å²) in [6, 6.07) is 7.19. The van der Waals surface area contributed by atoms with Crippen LogP contribution in [0.25, 0.3) is 0 Å². The van der Waals surface area contributed by atoms with E-state index in [1.807, 2.05) is 0 Å². The van der Waals surface area contributed by atoms with Gasteiger partial charge in [-0.15, -0.1) is 0 Å². The van der Waals surface area contributed by atoms with Crippen LogP contribution in [0.5, 0.6) is 5.75 Å². The summed E-state index contributed by atoms with van der Waals surface area (Å²) >= 11 is 0. The number of carbonyl (C=O) groups excluding carboxylic acids is 2. The first kappa shape index (κ1) is 11.8. The molecule has 0 aromatic heterocycles. The van der Waals surface area contributed by atoms with Crippen molar-refractivity contribution in [3.05, 3.63) is 29.8 Å². The quantitative estimate of drug-likeness (QED) is 0.735. The van der Waals surface area contributed by atoms with Crippen LogP contribution in [0.3, 0.4) is 0 Å². The van der Waals surface area contributed by atoms with E-state index in [1.165, 1.54) is 0 Å². The average Bonchev–Trinajstić information content (AvgIpc) is 2.36. The smallest absolute Gasteiger partial charge is 0.150 e. The van der Waals surface area contributed by atoms with Gasteiger partial charge in [0, 0.05) is 12.8 Å². The number of hydrogen-bond donors (Lipinski definition) is 0. The van der Waals surface area contributed by atoms with Crippen LogP contribution in [0.15, 0.2) is 24.3 Å². The van der Waals surface area contributed by atoms with Gasteiger partial charge in [0.2, 0.25) is 0 Å². The molecule has 17 heavy (non-hydrogen) atoms. The molecule has 0 amide bonds. The summed E-state index contributed by atoms with van der Waals surface area (Å²) in [6.07, 6.45) is 1.67. The molecule has 2 rings (SSSR count). The third-order valence-electron chi connectivity index (χ3n) is 3.59. The van der Waals surface area contributed by atoms with Crippen molar-refractivity contribution >= 4 is 11.6 Å². The van der Waals surface area contributed by atoms with Crippen molar-refractivity contribution in [2.45, 2.75) is 31.6 Å². The third kappa shape index (κ3) is 1.86. The van der Waals surface area contributed by atoms with Gasteiger partial charge in [0.05, 0.1) is 7.11 Å². The molecule has 0 atom stereocenters.